The lowest BCUT2D eigenvalue weighted by Gasteiger charge is -2.16. The Morgan fingerprint density at radius 3 is 1.70 bits per heavy atom. The fourth-order valence-corrected chi connectivity index (χ4v) is 6.75. The molecule has 0 spiro atoms. The van der Waals surface area contributed by atoms with Crippen LogP contribution in [0.4, 0.5) is 0 Å². The molecule has 0 aliphatic heterocycles. The Morgan fingerprint density at radius 1 is 0.460 bits per heavy atom. The standard InChI is InChI=1S/C45H28N4O/c1-3-14-29(15-4-1)43-46-44(30-16-5-2-6-17-30)48-45(47-43)31-26-27-34(36-21-13-22-37-35-20-9-12-25-41(35)50-42(36)37)40(28-31)49-38-23-10-7-18-32(38)33-19-8-11-24-39(33)49/h1-28H/i9D,13D,20D,21D,22D,25D. The van der Waals surface area contributed by atoms with Crippen LogP contribution in [0.2, 0.25) is 0 Å². The Kier molecular flexibility index (Phi) is 5.17. The smallest absolute Gasteiger partial charge is 0.164 e. The molecule has 0 saturated carbocycles. The van der Waals surface area contributed by atoms with Gasteiger partial charge in [0.15, 0.2) is 17.5 Å². The molecule has 50 heavy (non-hydrogen) atoms. The second-order valence-electron chi connectivity index (χ2n) is 12.0. The van der Waals surface area contributed by atoms with Crippen LogP contribution >= 0.6 is 0 Å². The third kappa shape index (κ3) is 4.52. The number of hydrogen-bond donors (Lipinski definition) is 0. The fourth-order valence-electron chi connectivity index (χ4n) is 6.75. The van der Waals surface area contributed by atoms with Crippen molar-refractivity contribution in [3.63, 3.8) is 0 Å². The maximum absolute atomic E-state index is 9.35. The van der Waals surface area contributed by atoms with Crippen molar-refractivity contribution in [1.82, 2.24) is 19.5 Å². The van der Waals surface area contributed by atoms with Gasteiger partial charge in [0.05, 0.1) is 24.9 Å². The number of furan rings is 1. The van der Waals surface area contributed by atoms with Crippen LogP contribution in [-0.4, -0.2) is 19.5 Å². The minimum absolute atomic E-state index is 0.0304. The van der Waals surface area contributed by atoms with E-state index < -0.39 is 0 Å². The van der Waals surface area contributed by atoms with E-state index in [1.807, 2.05) is 115 Å². The molecule has 10 aromatic rings. The number of rotatable bonds is 5. The number of nitrogens with zero attached hydrogens (tertiary/aromatic N) is 4. The summed E-state index contributed by atoms with van der Waals surface area (Å²) in [5.41, 5.74) is 5.64. The Balaban J connectivity index is 1.33. The highest BCUT2D eigenvalue weighted by atomic mass is 16.3. The second kappa shape index (κ2) is 11.4. The molecule has 0 radical (unpaired) electrons. The maximum Gasteiger partial charge on any atom is 0.164 e. The molecule has 0 aliphatic rings. The summed E-state index contributed by atoms with van der Waals surface area (Å²) in [6, 6.07) is 41.1. The molecule has 5 heteroatoms. The van der Waals surface area contributed by atoms with Gasteiger partial charge in [-0.2, -0.15) is 0 Å². The molecule has 10 rings (SSSR count). The molecule has 3 aromatic heterocycles. The monoisotopic (exact) mass is 646 g/mol. The summed E-state index contributed by atoms with van der Waals surface area (Å²) >= 11 is 0. The zero-order valence-corrected chi connectivity index (χ0v) is 26.4. The molecule has 3 heterocycles. The Morgan fingerprint density at radius 2 is 1.04 bits per heavy atom. The molecule has 5 nitrogen and oxygen atoms in total. The van der Waals surface area contributed by atoms with Gasteiger partial charge in [0.2, 0.25) is 0 Å². The van der Waals surface area contributed by atoms with Crippen LogP contribution in [0.15, 0.2) is 174 Å². The average molecular weight is 647 g/mol. The van der Waals surface area contributed by atoms with E-state index in [9.17, 15) is 1.37 Å². The fraction of sp³-hybridized carbons (Fsp3) is 0. The Bertz CT molecular complexity index is 3110. The lowest BCUT2D eigenvalue weighted by Crippen LogP contribution is -2.02. The summed E-state index contributed by atoms with van der Waals surface area (Å²) in [5.74, 6) is 1.44. The molecular weight excluding hydrogens is 613 g/mol. The van der Waals surface area contributed by atoms with Gasteiger partial charge in [-0.05, 0) is 24.2 Å². The van der Waals surface area contributed by atoms with Crippen molar-refractivity contribution in [1.29, 1.82) is 0 Å². The Labute approximate surface area is 296 Å². The number of fused-ring (bicyclic) bond motifs is 6. The minimum atomic E-state index is -0.355. The van der Waals surface area contributed by atoms with Crippen molar-refractivity contribution in [3.05, 3.63) is 170 Å². The normalized spacial score (nSPS) is 13.3. The molecule has 7 aromatic carbocycles. The molecule has 0 unspecified atom stereocenters. The van der Waals surface area contributed by atoms with Crippen LogP contribution in [-0.2, 0) is 0 Å². The first-order valence-corrected chi connectivity index (χ1v) is 16.2. The number of hydrogen-bond acceptors (Lipinski definition) is 4. The van der Waals surface area contributed by atoms with E-state index in [2.05, 4.69) is 16.7 Å². The topological polar surface area (TPSA) is 56.7 Å². The minimum Gasteiger partial charge on any atom is -0.455 e. The number of aromatic nitrogens is 4. The molecule has 0 bridgehead atoms. The van der Waals surface area contributed by atoms with Gasteiger partial charge in [0.25, 0.3) is 0 Å². The quantitative estimate of drug-likeness (QED) is 0.187. The highest BCUT2D eigenvalue weighted by Gasteiger charge is 2.21. The van der Waals surface area contributed by atoms with Crippen molar-refractivity contribution >= 4 is 43.7 Å². The molecule has 0 atom stereocenters. The molecule has 0 aliphatic carbocycles. The van der Waals surface area contributed by atoms with Gasteiger partial charge < -0.3 is 8.98 Å². The molecule has 0 amide bonds. The zero-order chi connectivity index (χ0) is 38.2. The van der Waals surface area contributed by atoms with E-state index >= 15 is 0 Å². The van der Waals surface area contributed by atoms with Crippen LogP contribution in [0.1, 0.15) is 8.22 Å². The van der Waals surface area contributed by atoms with Gasteiger partial charge >= 0.3 is 0 Å². The van der Waals surface area contributed by atoms with Crippen molar-refractivity contribution < 1.29 is 12.6 Å². The zero-order valence-electron chi connectivity index (χ0n) is 32.4. The molecule has 0 N–H and O–H groups in total. The summed E-state index contributed by atoms with van der Waals surface area (Å²) < 4.78 is 61.5. The lowest BCUT2D eigenvalue weighted by molar-refractivity contribution is 0.670. The van der Waals surface area contributed by atoms with Crippen LogP contribution in [0.25, 0.3) is 94.7 Å². The van der Waals surface area contributed by atoms with Gasteiger partial charge in [-0.1, -0.05) is 145 Å². The van der Waals surface area contributed by atoms with E-state index in [0.29, 0.717) is 34.3 Å². The predicted molar refractivity (Wildman–Crippen MR) is 203 cm³/mol. The first kappa shape index (κ1) is 22.7. The predicted octanol–water partition coefficient (Wildman–Crippen LogP) is 11.5. The summed E-state index contributed by atoms with van der Waals surface area (Å²) in [6.45, 7) is 0. The van der Waals surface area contributed by atoms with Crippen LogP contribution in [0, 0.1) is 0 Å². The van der Waals surface area contributed by atoms with Gasteiger partial charge in [0.1, 0.15) is 11.2 Å². The molecular formula is C45H28N4O. The van der Waals surface area contributed by atoms with E-state index in [-0.39, 0.29) is 63.8 Å². The SMILES string of the molecule is [2H]c1cc([2H])c2oc3c(-c4ccc(-c5nc(-c6ccccc6)nc(-c6ccccc6)n5)cc4-n4c5ccccc5c5ccccc54)c([2H])c([2H])c([2H])c3c2c1[2H]. The van der Waals surface area contributed by atoms with Gasteiger partial charge in [0, 0.05) is 49.4 Å². The lowest BCUT2D eigenvalue weighted by atomic mass is 9.98. The van der Waals surface area contributed by atoms with Crippen LogP contribution in [0.5, 0.6) is 0 Å². The largest absolute Gasteiger partial charge is 0.455 e. The van der Waals surface area contributed by atoms with Crippen molar-refractivity contribution in [2.75, 3.05) is 0 Å². The van der Waals surface area contributed by atoms with Crippen LogP contribution < -0.4 is 0 Å². The van der Waals surface area contributed by atoms with E-state index in [1.54, 1.807) is 0 Å². The highest BCUT2D eigenvalue weighted by molar-refractivity contribution is 6.12. The summed E-state index contributed by atoms with van der Waals surface area (Å²) in [7, 11) is 0. The molecule has 234 valence electrons. The van der Waals surface area contributed by atoms with Crippen molar-refractivity contribution in [2.45, 2.75) is 0 Å². The summed E-state index contributed by atoms with van der Waals surface area (Å²) in [4.78, 5) is 14.9. The van der Waals surface area contributed by atoms with Crippen molar-refractivity contribution in [2.24, 2.45) is 0 Å². The van der Waals surface area contributed by atoms with E-state index in [0.717, 1.165) is 32.9 Å². The summed E-state index contributed by atoms with van der Waals surface area (Å²) in [5, 5.41) is 2.26. The summed E-state index contributed by atoms with van der Waals surface area (Å²) in [6.07, 6.45) is 0. The average Bonchev–Trinajstić information content (AvgIpc) is 3.80. The van der Waals surface area contributed by atoms with Gasteiger partial charge in [-0.3, -0.25) is 0 Å². The first-order chi connectivity index (χ1) is 27.3. The van der Waals surface area contributed by atoms with Crippen LogP contribution in [0.3, 0.4) is 0 Å². The Hall–Kier alpha value is -6.85. The molecule has 0 fully saturated rings. The van der Waals surface area contributed by atoms with E-state index in [4.69, 9.17) is 26.2 Å². The first-order valence-electron chi connectivity index (χ1n) is 19.2. The van der Waals surface area contributed by atoms with Gasteiger partial charge in [-0.15, -0.1) is 0 Å². The highest BCUT2D eigenvalue weighted by Crippen LogP contribution is 2.42. The third-order valence-electron chi connectivity index (χ3n) is 9.03. The maximum atomic E-state index is 9.35. The van der Waals surface area contributed by atoms with Gasteiger partial charge in [-0.25, -0.2) is 15.0 Å². The molecule has 0 saturated heterocycles. The number of benzene rings is 7. The second-order valence-corrected chi connectivity index (χ2v) is 12.0. The number of para-hydroxylation sites is 4. The van der Waals surface area contributed by atoms with E-state index in [1.165, 1.54) is 6.07 Å². The third-order valence-corrected chi connectivity index (χ3v) is 9.03. The van der Waals surface area contributed by atoms with Crippen molar-refractivity contribution in [3.8, 4) is 51.0 Å².